The first-order valence-electron chi connectivity index (χ1n) is 6.12. The molecule has 0 radical (unpaired) electrons. The predicted octanol–water partition coefficient (Wildman–Crippen LogP) is 2.06. The van der Waals surface area contributed by atoms with Crippen molar-refractivity contribution in [3.63, 3.8) is 0 Å². The van der Waals surface area contributed by atoms with Crippen LogP contribution in [-0.4, -0.2) is 42.0 Å². The van der Waals surface area contributed by atoms with Gasteiger partial charge in [-0.15, -0.1) is 0 Å². The SMILES string of the molecule is CCCN(C/C(N)=N/O)C(=O)c1ccc(Br)cc1OC. The number of carbonyl (C=O) groups excluding carboxylic acids is 1. The Balaban J connectivity index is 3.05. The summed E-state index contributed by atoms with van der Waals surface area (Å²) in [6.07, 6.45) is 0.767. The van der Waals surface area contributed by atoms with E-state index in [1.54, 1.807) is 18.2 Å². The van der Waals surface area contributed by atoms with Crippen LogP contribution in [0.1, 0.15) is 23.7 Å². The van der Waals surface area contributed by atoms with Crippen molar-refractivity contribution >= 4 is 27.7 Å². The van der Waals surface area contributed by atoms with Gasteiger partial charge in [-0.1, -0.05) is 28.0 Å². The molecule has 0 aliphatic rings. The molecular weight excluding hydrogens is 326 g/mol. The van der Waals surface area contributed by atoms with Crippen LogP contribution in [0.2, 0.25) is 0 Å². The van der Waals surface area contributed by atoms with Gasteiger partial charge in [0, 0.05) is 11.0 Å². The largest absolute Gasteiger partial charge is 0.496 e. The van der Waals surface area contributed by atoms with Gasteiger partial charge in [0.05, 0.1) is 19.2 Å². The minimum atomic E-state index is -0.220. The van der Waals surface area contributed by atoms with Crippen LogP contribution in [0.25, 0.3) is 0 Å². The third-order valence-electron chi connectivity index (χ3n) is 2.66. The molecule has 0 spiro atoms. The minimum absolute atomic E-state index is 0.0112. The van der Waals surface area contributed by atoms with Crippen LogP contribution in [0.15, 0.2) is 27.8 Å². The monoisotopic (exact) mass is 343 g/mol. The van der Waals surface area contributed by atoms with E-state index in [9.17, 15) is 4.79 Å². The molecule has 0 unspecified atom stereocenters. The highest BCUT2D eigenvalue weighted by Crippen LogP contribution is 2.24. The first-order valence-corrected chi connectivity index (χ1v) is 6.92. The molecule has 1 aromatic rings. The Bertz CT molecular complexity index is 506. The molecule has 110 valence electrons. The van der Waals surface area contributed by atoms with Gasteiger partial charge in [0.25, 0.3) is 5.91 Å². The fourth-order valence-electron chi connectivity index (χ4n) is 1.76. The number of carbonyl (C=O) groups is 1. The summed E-state index contributed by atoms with van der Waals surface area (Å²) in [6.45, 7) is 2.53. The summed E-state index contributed by atoms with van der Waals surface area (Å²) >= 11 is 3.33. The van der Waals surface area contributed by atoms with E-state index < -0.39 is 0 Å². The number of halogens is 1. The number of hydrogen-bond acceptors (Lipinski definition) is 4. The quantitative estimate of drug-likeness (QED) is 0.358. The molecule has 6 nitrogen and oxygen atoms in total. The Morgan fingerprint density at radius 3 is 2.80 bits per heavy atom. The van der Waals surface area contributed by atoms with Crippen LogP contribution in [0, 0.1) is 0 Å². The molecule has 0 fully saturated rings. The second-order valence-corrected chi connectivity index (χ2v) is 5.08. The number of amides is 1. The number of oxime groups is 1. The summed E-state index contributed by atoms with van der Waals surface area (Å²) in [5.41, 5.74) is 5.92. The number of hydrogen-bond donors (Lipinski definition) is 2. The van der Waals surface area contributed by atoms with E-state index in [-0.39, 0.29) is 18.3 Å². The van der Waals surface area contributed by atoms with Gasteiger partial charge in [-0.3, -0.25) is 4.79 Å². The number of nitrogens with zero attached hydrogens (tertiary/aromatic N) is 2. The van der Waals surface area contributed by atoms with Crippen molar-refractivity contribution < 1.29 is 14.7 Å². The van der Waals surface area contributed by atoms with Gasteiger partial charge in [-0.25, -0.2) is 0 Å². The molecule has 1 amide bonds. The number of amidine groups is 1. The smallest absolute Gasteiger partial charge is 0.258 e. The zero-order valence-electron chi connectivity index (χ0n) is 11.5. The molecule has 0 aromatic heterocycles. The maximum Gasteiger partial charge on any atom is 0.258 e. The third-order valence-corrected chi connectivity index (χ3v) is 3.15. The summed E-state index contributed by atoms with van der Waals surface area (Å²) in [5, 5.41) is 11.5. The van der Waals surface area contributed by atoms with E-state index in [0.717, 1.165) is 10.9 Å². The maximum absolute atomic E-state index is 12.5. The molecule has 0 aliphatic carbocycles. The van der Waals surface area contributed by atoms with Crippen molar-refractivity contribution in [3.8, 4) is 5.75 Å². The summed E-state index contributed by atoms with van der Waals surface area (Å²) in [4.78, 5) is 14.0. The molecule has 0 saturated carbocycles. The van der Waals surface area contributed by atoms with Crippen molar-refractivity contribution in [1.82, 2.24) is 4.90 Å². The highest BCUT2D eigenvalue weighted by atomic mass is 79.9. The predicted molar refractivity (Wildman–Crippen MR) is 80.3 cm³/mol. The lowest BCUT2D eigenvalue weighted by molar-refractivity contribution is 0.0775. The zero-order valence-corrected chi connectivity index (χ0v) is 13.1. The number of ether oxygens (including phenoxy) is 1. The van der Waals surface area contributed by atoms with Gasteiger partial charge < -0.3 is 20.6 Å². The van der Waals surface area contributed by atoms with Gasteiger partial charge in [-0.2, -0.15) is 0 Å². The summed E-state index contributed by atoms with van der Waals surface area (Å²) in [6, 6.07) is 5.17. The Hall–Kier alpha value is -1.76. The van der Waals surface area contributed by atoms with Gasteiger partial charge >= 0.3 is 0 Å². The number of rotatable bonds is 6. The Kier molecular flexibility index (Phi) is 6.30. The first-order chi connectivity index (χ1) is 9.53. The average Bonchev–Trinajstić information content (AvgIpc) is 2.45. The summed E-state index contributed by atoms with van der Waals surface area (Å²) in [5.74, 6) is 0.246. The maximum atomic E-state index is 12.5. The van der Waals surface area contributed by atoms with E-state index >= 15 is 0 Å². The van der Waals surface area contributed by atoms with Crippen molar-refractivity contribution in [2.75, 3.05) is 20.2 Å². The molecular formula is C13H18BrN3O3. The standard InChI is InChI=1S/C13H18BrN3O3/c1-3-6-17(8-12(15)16-19)13(18)10-5-4-9(14)7-11(10)20-2/h4-5,7,19H,3,6,8H2,1-2H3,(H2,15,16). The third kappa shape index (κ3) is 4.12. The Morgan fingerprint density at radius 2 is 2.25 bits per heavy atom. The van der Waals surface area contributed by atoms with Crippen LogP contribution in [0.3, 0.4) is 0 Å². The highest BCUT2D eigenvalue weighted by molar-refractivity contribution is 9.10. The van der Waals surface area contributed by atoms with E-state index in [0.29, 0.717) is 17.9 Å². The van der Waals surface area contributed by atoms with Gasteiger partial charge in [0.1, 0.15) is 5.75 Å². The van der Waals surface area contributed by atoms with Crippen molar-refractivity contribution in [3.05, 3.63) is 28.2 Å². The second kappa shape index (κ2) is 7.74. The Morgan fingerprint density at radius 1 is 1.55 bits per heavy atom. The lowest BCUT2D eigenvalue weighted by atomic mass is 10.1. The van der Waals surface area contributed by atoms with Crippen LogP contribution >= 0.6 is 15.9 Å². The molecule has 1 aromatic carbocycles. The fraction of sp³-hybridized carbons (Fsp3) is 0.385. The molecule has 20 heavy (non-hydrogen) atoms. The van der Waals surface area contributed by atoms with Crippen LogP contribution in [0.4, 0.5) is 0 Å². The number of benzene rings is 1. The minimum Gasteiger partial charge on any atom is -0.496 e. The first kappa shape index (κ1) is 16.3. The van der Waals surface area contributed by atoms with E-state index in [2.05, 4.69) is 21.1 Å². The van der Waals surface area contributed by atoms with Gasteiger partial charge in [-0.05, 0) is 24.6 Å². The van der Waals surface area contributed by atoms with Crippen LogP contribution < -0.4 is 10.5 Å². The normalized spacial score (nSPS) is 11.2. The lowest BCUT2D eigenvalue weighted by Gasteiger charge is -2.22. The molecule has 7 heteroatoms. The molecule has 0 heterocycles. The van der Waals surface area contributed by atoms with Crippen molar-refractivity contribution in [1.29, 1.82) is 0 Å². The van der Waals surface area contributed by atoms with Gasteiger partial charge in [0.2, 0.25) is 0 Å². The van der Waals surface area contributed by atoms with Crippen LogP contribution in [-0.2, 0) is 0 Å². The molecule has 0 atom stereocenters. The van der Waals surface area contributed by atoms with Crippen molar-refractivity contribution in [2.24, 2.45) is 10.9 Å². The lowest BCUT2D eigenvalue weighted by Crippen LogP contribution is -2.39. The summed E-state index contributed by atoms with van der Waals surface area (Å²) in [7, 11) is 1.51. The van der Waals surface area contributed by atoms with Crippen molar-refractivity contribution in [2.45, 2.75) is 13.3 Å². The van der Waals surface area contributed by atoms with E-state index in [1.807, 2.05) is 6.92 Å². The zero-order chi connectivity index (χ0) is 15.1. The molecule has 1 rings (SSSR count). The Labute approximate surface area is 126 Å². The second-order valence-electron chi connectivity index (χ2n) is 4.16. The number of nitrogens with two attached hydrogens (primary N) is 1. The molecule has 0 saturated heterocycles. The summed E-state index contributed by atoms with van der Waals surface area (Å²) < 4.78 is 6.04. The topological polar surface area (TPSA) is 88.1 Å². The number of methoxy groups -OCH3 is 1. The van der Waals surface area contributed by atoms with E-state index in [1.165, 1.54) is 12.0 Å². The fourth-order valence-corrected chi connectivity index (χ4v) is 2.10. The molecule has 0 aliphatic heterocycles. The van der Waals surface area contributed by atoms with E-state index in [4.69, 9.17) is 15.7 Å². The molecule has 3 N–H and O–H groups in total. The highest BCUT2D eigenvalue weighted by Gasteiger charge is 2.20. The molecule has 0 bridgehead atoms. The average molecular weight is 344 g/mol. The van der Waals surface area contributed by atoms with Crippen LogP contribution in [0.5, 0.6) is 5.75 Å². The van der Waals surface area contributed by atoms with Gasteiger partial charge in [0.15, 0.2) is 5.84 Å².